The summed E-state index contributed by atoms with van der Waals surface area (Å²) in [6.45, 7) is 1.95. The number of halogens is 1. The normalized spacial score (nSPS) is 13.0. The predicted octanol–water partition coefficient (Wildman–Crippen LogP) is 5.14. The van der Waals surface area contributed by atoms with Crippen LogP contribution in [0.25, 0.3) is 5.69 Å². The highest BCUT2D eigenvalue weighted by Crippen LogP contribution is 2.42. The highest BCUT2D eigenvalue weighted by atomic mass is 35.5. The summed E-state index contributed by atoms with van der Waals surface area (Å²) in [5.41, 5.74) is 4.46. The molecular weight excluding hydrogens is 404 g/mol. The summed E-state index contributed by atoms with van der Waals surface area (Å²) in [5, 5.41) is 10.6. The molecule has 1 aliphatic carbocycles. The van der Waals surface area contributed by atoms with E-state index in [0.29, 0.717) is 27.9 Å². The first-order chi connectivity index (χ1) is 14.5. The maximum atomic E-state index is 13.0. The number of nitrogens with one attached hydrogen (secondary N) is 2. The largest absolute Gasteiger partial charge is 0.453 e. The van der Waals surface area contributed by atoms with Crippen molar-refractivity contribution in [1.29, 1.82) is 0 Å². The number of aromatic nitrogens is 2. The number of hydrogen-bond acceptors (Lipinski definition) is 4. The molecule has 1 heterocycles. The summed E-state index contributed by atoms with van der Waals surface area (Å²) < 4.78 is 6.37. The van der Waals surface area contributed by atoms with Crippen molar-refractivity contribution in [2.75, 3.05) is 17.7 Å². The van der Waals surface area contributed by atoms with Crippen LogP contribution in [0.2, 0.25) is 5.02 Å². The molecule has 0 saturated heterocycles. The molecule has 8 heteroatoms. The van der Waals surface area contributed by atoms with Crippen molar-refractivity contribution >= 4 is 35.0 Å². The summed E-state index contributed by atoms with van der Waals surface area (Å²) in [7, 11) is 1.30. The molecule has 4 rings (SSSR count). The minimum atomic E-state index is -0.551. The lowest BCUT2D eigenvalue weighted by Gasteiger charge is -2.11. The summed E-state index contributed by atoms with van der Waals surface area (Å²) >= 11 is 6.29. The van der Waals surface area contributed by atoms with Crippen LogP contribution < -0.4 is 10.6 Å². The SMILES string of the molecule is COC(=O)Nc1ccc(NC(=O)c2cnn(-c3ccc(C)c(Cl)c3)c2C2CC2)cc1. The second-order valence-corrected chi connectivity index (χ2v) is 7.62. The molecule has 0 radical (unpaired) electrons. The van der Waals surface area contributed by atoms with E-state index < -0.39 is 6.09 Å². The van der Waals surface area contributed by atoms with Gasteiger partial charge in [0.15, 0.2) is 0 Å². The van der Waals surface area contributed by atoms with E-state index >= 15 is 0 Å². The van der Waals surface area contributed by atoms with Gasteiger partial charge in [-0.05, 0) is 61.7 Å². The summed E-state index contributed by atoms with van der Waals surface area (Å²) in [6.07, 6.45) is 3.10. The number of anilines is 2. The number of rotatable bonds is 5. The standard InChI is InChI=1S/C22H21ClN4O3/c1-13-3-10-17(11-19(13)23)27-20(14-4-5-14)18(12-24-27)21(28)25-15-6-8-16(9-7-15)26-22(29)30-2/h3,6-12,14H,4-5H2,1-2H3,(H,25,28)(H,26,29). The van der Waals surface area contributed by atoms with Crippen LogP contribution in [0.4, 0.5) is 16.2 Å². The van der Waals surface area contributed by atoms with Gasteiger partial charge in [0, 0.05) is 22.3 Å². The van der Waals surface area contributed by atoms with E-state index in [1.54, 1.807) is 35.1 Å². The molecule has 1 aliphatic rings. The molecule has 2 amide bonds. The van der Waals surface area contributed by atoms with Gasteiger partial charge in [-0.25, -0.2) is 9.48 Å². The van der Waals surface area contributed by atoms with Gasteiger partial charge in [-0.2, -0.15) is 5.10 Å². The average molecular weight is 425 g/mol. The zero-order valence-electron chi connectivity index (χ0n) is 16.6. The fourth-order valence-corrected chi connectivity index (χ4v) is 3.38. The van der Waals surface area contributed by atoms with Crippen LogP contribution in [-0.4, -0.2) is 28.9 Å². The van der Waals surface area contributed by atoms with Crippen LogP contribution in [-0.2, 0) is 4.74 Å². The first-order valence-corrected chi connectivity index (χ1v) is 9.95. The monoisotopic (exact) mass is 424 g/mol. The topological polar surface area (TPSA) is 85.2 Å². The van der Waals surface area contributed by atoms with Gasteiger partial charge in [-0.15, -0.1) is 0 Å². The zero-order chi connectivity index (χ0) is 21.3. The smallest absolute Gasteiger partial charge is 0.411 e. The molecule has 2 N–H and O–H groups in total. The molecule has 0 aliphatic heterocycles. The molecule has 154 valence electrons. The summed E-state index contributed by atoms with van der Waals surface area (Å²) in [5.74, 6) is 0.0787. The first kappa shape index (κ1) is 20.0. The van der Waals surface area contributed by atoms with Crippen LogP contribution in [0, 0.1) is 6.92 Å². The Bertz CT molecular complexity index is 1100. The lowest BCUT2D eigenvalue weighted by Crippen LogP contribution is -2.14. The predicted molar refractivity (Wildman–Crippen MR) is 116 cm³/mol. The number of benzene rings is 2. The Morgan fingerprint density at radius 1 is 1.10 bits per heavy atom. The molecule has 0 spiro atoms. The minimum absolute atomic E-state index is 0.227. The van der Waals surface area contributed by atoms with Crippen LogP contribution in [0.5, 0.6) is 0 Å². The third-order valence-electron chi connectivity index (χ3n) is 4.99. The Morgan fingerprint density at radius 3 is 2.37 bits per heavy atom. The van der Waals surface area contributed by atoms with E-state index in [4.69, 9.17) is 11.6 Å². The third kappa shape index (κ3) is 4.16. The molecule has 0 unspecified atom stereocenters. The lowest BCUT2D eigenvalue weighted by atomic mass is 10.1. The fourth-order valence-electron chi connectivity index (χ4n) is 3.21. The van der Waals surface area contributed by atoms with Crippen LogP contribution >= 0.6 is 11.6 Å². The second kappa shape index (κ2) is 8.20. The fraction of sp³-hybridized carbons (Fsp3) is 0.227. The molecule has 1 aromatic heterocycles. The number of methoxy groups -OCH3 is 1. The molecule has 0 atom stereocenters. The number of hydrogen-bond donors (Lipinski definition) is 2. The number of nitrogens with zero attached hydrogens (tertiary/aromatic N) is 2. The Hall–Kier alpha value is -3.32. The third-order valence-corrected chi connectivity index (χ3v) is 5.40. The van der Waals surface area contributed by atoms with E-state index in [0.717, 1.165) is 29.8 Å². The number of carbonyl (C=O) groups is 2. The number of ether oxygens (including phenoxy) is 1. The van der Waals surface area contributed by atoms with Crippen LogP contribution in [0.3, 0.4) is 0 Å². The van der Waals surface area contributed by atoms with Gasteiger partial charge in [0.05, 0.1) is 30.3 Å². The van der Waals surface area contributed by atoms with Gasteiger partial charge in [0.2, 0.25) is 0 Å². The van der Waals surface area contributed by atoms with E-state index in [1.807, 2.05) is 25.1 Å². The number of amides is 2. The van der Waals surface area contributed by atoms with E-state index in [2.05, 4.69) is 20.5 Å². The van der Waals surface area contributed by atoms with E-state index in [9.17, 15) is 9.59 Å². The van der Waals surface area contributed by atoms with Crippen molar-refractivity contribution in [2.24, 2.45) is 0 Å². The highest BCUT2D eigenvalue weighted by molar-refractivity contribution is 6.31. The molecule has 1 fully saturated rings. The molecule has 1 saturated carbocycles. The van der Waals surface area contributed by atoms with Crippen molar-refractivity contribution in [1.82, 2.24) is 9.78 Å². The van der Waals surface area contributed by atoms with Gasteiger partial charge >= 0.3 is 6.09 Å². The van der Waals surface area contributed by atoms with Crippen molar-refractivity contribution < 1.29 is 14.3 Å². The molecule has 2 aromatic carbocycles. The maximum Gasteiger partial charge on any atom is 0.411 e. The zero-order valence-corrected chi connectivity index (χ0v) is 17.4. The molecule has 30 heavy (non-hydrogen) atoms. The van der Waals surface area contributed by atoms with Crippen molar-refractivity contribution in [3.05, 3.63) is 70.5 Å². The Balaban J connectivity index is 1.56. The second-order valence-electron chi connectivity index (χ2n) is 7.21. The number of aryl methyl sites for hydroxylation is 1. The van der Waals surface area contributed by atoms with Crippen LogP contribution in [0.15, 0.2) is 48.7 Å². The average Bonchev–Trinajstić information content (AvgIpc) is 3.49. The minimum Gasteiger partial charge on any atom is -0.453 e. The maximum absolute atomic E-state index is 13.0. The lowest BCUT2D eigenvalue weighted by molar-refractivity contribution is 0.102. The first-order valence-electron chi connectivity index (χ1n) is 9.57. The van der Waals surface area contributed by atoms with Gasteiger partial charge < -0.3 is 10.1 Å². The molecule has 0 bridgehead atoms. The van der Waals surface area contributed by atoms with Gasteiger partial charge in [-0.1, -0.05) is 17.7 Å². The van der Waals surface area contributed by atoms with Crippen molar-refractivity contribution in [3.8, 4) is 5.69 Å². The quantitative estimate of drug-likeness (QED) is 0.593. The Kier molecular flexibility index (Phi) is 5.46. The van der Waals surface area contributed by atoms with Gasteiger partial charge in [0.25, 0.3) is 5.91 Å². The molecular formula is C22H21ClN4O3. The van der Waals surface area contributed by atoms with E-state index in [-0.39, 0.29) is 5.91 Å². The molecule has 3 aromatic rings. The van der Waals surface area contributed by atoms with Crippen molar-refractivity contribution in [2.45, 2.75) is 25.7 Å². The van der Waals surface area contributed by atoms with Crippen molar-refractivity contribution in [3.63, 3.8) is 0 Å². The van der Waals surface area contributed by atoms with Gasteiger partial charge in [-0.3, -0.25) is 10.1 Å². The number of carbonyl (C=O) groups excluding carboxylic acids is 2. The molecule has 7 nitrogen and oxygen atoms in total. The highest BCUT2D eigenvalue weighted by Gasteiger charge is 2.33. The van der Waals surface area contributed by atoms with Crippen LogP contribution in [0.1, 0.15) is 40.4 Å². The summed E-state index contributed by atoms with van der Waals surface area (Å²) in [4.78, 5) is 24.2. The Labute approximate surface area is 179 Å². The summed E-state index contributed by atoms with van der Waals surface area (Å²) in [6, 6.07) is 12.6. The Morgan fingerprint density at radius 2 is 1.77 bits per heavy atom. The van der Waals surface area contributed by atoms with Gasteiger partial charge in [0.1, 0.15) is 0 Å². The van der Waals surface area contributed by atoms with E-state index in [1.165, 1.54) is 7.11 Å².